The van der Waals surface area contributed by atoms with Gasteiger partial charge in [0.05, 0.1) is 22.9 Å². The van der Waals surface area contributed by atoms with Crippen molar-refractivity contribution in [3.05, 3.63) is 84.2 Å². The molecule has 0 aromatic heterocycles. The lowest BCUT2D eigenvalue weighted by molar-refractivity contribution is -0.137. The highest BCUT2D eigenvalue weighted by molar-refractivity contribution is 6.11. The van der Waals surface area contributed by atoms with Crippen LogP contribution in [0.15, 0.2) is 73.1 Å². The second kappa shape index (κ2) is 6.86. The first-order valence-corrected chi connectivity index (χ1v) is 10.2. The van der Waals surface area contributed by atoms with Crippen molar-refractivity contribution in [2.75, 3.05) is 9.80 Å². The first kappa shape index (κ1) is 20.1. The van der Waals surface area contributed by atoms with Gasteiger partial charge in [-0.3, -0.25) is 9.69 Å². The van der Waals surface area contributed by atoms with Crippen LogP contribution in [0.5, 0.6) is 0 Å². The zero-order valence-corrected chi connectivity index (χ0v) is 17.0. The smallest absolute Gasteiger partial charge is 0.313 e. The molecule has 0 radical (unpaired) electrons. The van der Waals surface area contributed by atoms with E-state index in [1.54, 1.807) is 6.07 Å². The minimum absolute atomic E-state index is 0.0564. The largest absolute Gasteiger partial charge is 0.417 e. The Hall–Kier alpha value is -3.79. The minimum Gasteiger partial charge on any atom is -0.313 e. The number of fused-ring (bicyclic) bond motifs is 1. The van der Waals surface area contributed by atoms with Crippen molar-refractivity contribution < 1.29 is 18.0 Å². The molecule has 3 aromatic rings. The molecule has 1 aliphatic heterocycles. The van der Waals surface area contributed by atoms with Crippen LogP contribution in [0.4, 0.5) is 24.5 Å². The number of alkyl halides is 3. The van der Waals surface area contributed by atoms with Crippen molar-refractivity contribution >= 4 is 28.1 Å². The van der Waals surface area contributed by atoms with Crippen LogP contribution in [0.1, 0.15) is 30.4 Å². The van der Waals surface area contributed by atoms with E-state index in [9.17, 15) is 18.0 Å². The highest BCUT2D eigenvalue weighted by atomic mass is 19.4. The van der Waals surface area contributed by atoms with Crippen LogP contribution in [0, 0.1) is 11.3 Å². The minimum atomic E-state index is -4.71. The van der Waals surface area contributed by atoms with Gasteiger partial charge in [-0.15, -0.1) is 0 Å². The molecule has 160 valence electrons. The van der Waals surface area contributed by atoms with Crippen LogP contribution in [0.2, 0.25) is 0 Å². The highest BCUT2D eigenvalue weighted by Gasteiger charge is 2.58. The normalized spacial score (nSPS) is 17.7. The zero-order valence-electron chi connectivity index (χ0n) is 17.0. The summed E-state index contributed by atoms with van der Waals surface area (Å²) in [6.45, 7) is 4.10. The van der Waals surface area contributed by atoms with E-state index in [2.05, 4.69) is 6.58 Å². The number of hydrogen-bond acceptors (Lipinski definition) is 3. The van der Waals surface area contributed by atoms with Crippen LogP contribution in [0.25, 0.3) is 10.8 Å². The Kier molecular flexibility index (Phi) is 4.31. The molecule has 1 saturated heterocycles. The van der Waals surface area contributed by atoms with Crippen molar-refractivity contribution in [2.45, 2.75) is 31.0 Å². The van der Waals surface area contributed by atoms with Crippen molar-refractivity contribution in [1.29, 1.82) is 5.26 Å². The third-order valence-corrected chi connectivity index (χ3v) is 6.40. The van der Waals surface area contributed by atoms with Gasteiger partial charge in [0.25, 0.3) is 5.91 Å². The lowest BCUT2D eigenvalue weighted by Crippen LogP contribution is -2.54. The molecule has 0 bridgehead atoms. The highest BCUT2D eigenvalue weighted by Crippen LogP contribution is 2.51. The summed E-state index contributed by atoms with van der Waals surface area (Å²) in [6.07, 6.45) is -2.68. The van der Waals surface area contributed by atoms with Crippen LogP contribution in [-0.2, 0) is 11.0 Å². The summed E-state index contributed by atoms with van der Waals surface area (Å²) in [7, 11) is 0. The maximum Gasteiger partial charge on any atom is 0.417 e. The third kappa shape index (κ3) is 2.79. The Balaban J connectivity index is 1.63. The molecule has 7 heteroatoms. The van der Waals surface area contributed by atoms with Gasteiger partial charge in [0.1, 0.15) is 11.4 Å². The number of hydrogen-bond donors (Lipinski definition) is 0. The average Bonchev–Trinajstić information content (AvgIpc) is 2.99. The fourth-order valence-electron chi connectivity index (χ4n) is 4.70. The molecule has 1 aliphatic carbocycles. The number of carbonyl (C=O) groups excluding carboxylic acids is 1. The number of halogens is 3. The number of carbonyl (C=O) groups is 1. The number of benzene rings is 3. The van der Waals surface area contributed by atoms with E-state index in [-0.39, 0.29) is 11.6 Å². The van der Waals surface area contributed by atoms with Gasteiger partial charge in [0.2, 0.25) is 0 Å². The van der Waals surface area contributed by atoms with E-state index < -0.39 is 22.8 Å². The van der Waals surface area contributed by atoms with E-state index in [0.717, 1.165) is 35.0 Å². The first-order chi connectivity index (χ1) is 15.3. The van der Waals surface area contributed by atoms with Crippen LogP contribution in [-0.4, -0.2) is 11.4 Å². The van der Waals surface area contributed by atoms with E-state index in [0.29, 0.717) is 18.7 Å². The number of amides is 1. The Morgan fingerprint density at radius 2 is 1.66 bits per heavy atom. The molecular weight excluding hydrogens is 415 g/mol. The summed E-state index contributed by atoms with van der Waals surface area (Å²) < 4.78 is 40.6. The van der Waals surface area contributed by atoms with Crippen molar-refractivity contribution in [2.24, 2.45) is 0 Å². The molecule has 2 aliphatic rings. The molecule has 0 unspecified atom stereocenters. The third-order valence-electron chi connectivity index (χ3n) is 6.40. The number of rotatable bonds is 2. The van der Waals surface area contributed by atoms with Gasteiger partial charge in [-0.1, -0.05) is 36.9 Å². The number of nitriles is 1. The molecule has 1 heterocycles. The second-order valence-electron chi connectivity index (χ2n) is 8.15. The van der Waals surface area contributed by atoms with Gasteiger partial charge in [-0.2, -0.15) is 18.4 Å². The Bertz CT molecular complexity index is 1320. The summed E-state index contributed by atoms with van der Waals surface area (Å²) in [6, 6.07) is 18.6. The number of nitrogens with zero attached hydrogens (tertiary/aromatic N) is 3. The summed E-state index contributed by atoms with van der Waals surface area (Å²) in [4.78, 5) is 16.7. The lowest BCUT2D eigenvalue weighted by Gasteiger charge is -2.43. The SMILES string of the molecule is C=C1N(c2ccc(C#N)c(C(F)(F)F)c2)C(=O)C2(CCC2)N1c1ccc2ccccc2c1. The van der Waals surface area contributed by atoms with Crippen LogP contribution >= 0.6 is 0 Å². The predicted octanol–water partition coefficient (Wildman–Crippen LogP) is 5.98. The van der Waals surface area contributed by atoms with Gasteiger partial charge < -0.3 is 4.90 Å². The Morgan fingerprint density at radius 1 is 0.969 bits per heavy atom. The maximum atomic E-state index is 13.6. The van der Waals surface area contributed by atoms with Crippen molar-refractivity contribution in [1.82, 2.24) is 0 Å². The van der Waals surface area contributed by atoms with Gasteiger partial charge in [0, 0.05) is 5.69 Å². The zero-order chi connectivity index (χ0) is 22.7. The Labute approximate surface area is 182 Å². The summed E-state index contributed by atoms with van der Waals surface area (Å²) in [5, 5.41) is 11.1. The molecule has 4 nitrogen and oxygen atoms in total. The fourth-order valence-corrected chi connectivity index (χ4v) is 4.70. The quantitative estimate of drug-likeness (QED) is 0.500. The lowest BCUT2D eigenvalue weighted by atomic mass is 9.75. The van der Waals surface area contributed by atoms with E-state index >= 15 is 0 Å². The molecule has 32 heavy (non-hydrogen) atoms. The monoisotopic (exact) mass is 433 g/mol. The summed E-state index contributed by atoms with van der Waals surface area (Å²) in [5.74, 6) is 0.0163. The predicted molar refractivity (Wildman–Crippen MR) is 116 cm³/mol. The first-order valence-electron chi connectivity index (χ1n) is 10.2. The van der Waals surface area contributed by atoms with E-state index in [1.165, 1.54) is 11.0 Å². The number of anilines is 2. The summed E-state index contributed by atoms with van der Waals surface area (Å²) in [5.41, 5.74) is -1.57. The van der Waals surface area contributed by atoms with Crippen molar-refractivity contribution in [3.8, 4) is 6.07 Å². The molecule has 0 N–H and O–H groups in total. The Morgan fingerprint density at radius 3 is 2.28 bits per heavy atom. The van der Waals surface area contributed by atoms with Gasteiger partial charge in [-0.25, -0.2) is 0 Å². The fraction of sp³-hybridized carbons (Fsp3) is 0.200. The standard InChI is InChI=1S/C25H18F3N3O/c1-16-30(20-9-8-19(15-29)22(14-20)25(26,27)28)23(32)24(11-4-12-24)31(16)21-10-7-17-5-2-3-6-18(17)13-21/h2-3,5-10,13-14H,1,4,11-12H2. The molecule has 2 fully saturated rings. The van der Waals surface area contributed by atoms with Gasteiger partial charge in [0.15, 0.2) is 0 Å². The molecular formula is C25H18F3N3O. The summed E-state index contributed by atoms with van der Waals surface area (Å²) >= 11 is 0. The van der Waals surface area contributed by atoms with Gasteiger partial charge >= 0.3 is 6.18 Å². The van der Waals surface area contributed by atoms with Gasteiger partial charge in [-0.05, 0) is 60.4 Å². The van der Waals surface area contributed by atoms with E-state index in [4.69, 9.17) is 5.26 Å². The molecule has 1 spiro atoms. The topological polar surface area (TPSA) is 47.3 Å². The average molecular weight is 433 g/mol. The van der Waals surface area contributed by atoms with E-state index in [1.807, 2.05) is 47.4 Å². The van der Waals surface area contributed by atoms with Crippen molar-refractivity contribution in [3.63, 3.8) is 0 Å². The molecule has 3 aromatic carbocycles. The van der Waals surface area contributed by atoms with Crippen LogP contribution < -0.4 is 9.80 Å². The maximum absolute atomic E-state index is 13.6. The van der Waals surface area contributed by atoms with Crippen LogP contribution in [0.3, 0.4) is 0 Å². The molecule has 0 atom stereocenters. The molecule has 5 rings (SSSR count). The second-order valence-corrected chi connectivity index (χ2v) is 8.15. The molecule has 1 amide bonds. The molecule has 1 saturated carbocycles.